The Morgan fingerprint density at radius 1 is 0.683 bits per heavy atom. The Morgan fingerprint density at radius 3 is 1.66 bits per heavy atom. The third-order valence-corrected chi connectivity index (χ3v) is 5.52. The second kappa shape index (κ2) is 13.5. The Kier molecular flexibility index (Phi) is 9.90. The first-order valence-electron chi connectivity index (χ1n) is 12.2. The highest BCUT2D eigenvalue weighted by Gasteiger charge is 2.41. The number of aryl methyl sites for hydroxylation is 2. The van der Waals surface area contributed by atoms with Crippen molar-refractivity contribution in [2.75, 3.05) is 5.32 Å². The van der Waals surface area contributed by atoms with E-state index in [1.165, 1.54) is 55.5 Å². The highest BCUT2D eigenvalue weighted by atomic mass is 16.6. The van der Waals surface area contributed by atoms with E-state index in [0.29, 0.717) is 16.8 Å². The maximum atomic E-state index is 13.1. The van der Waals surface area contributed by atoms with Crippen molar-refractivity contribution in [3.8, 4) is 0 Å². The zero-order chi connectivity index (χ0) is 30.1. The quantitative estimate of drug-likeness (QED) is 0.226. The number of hydrogen-bond acceptors (Lipinski definition) is 8. The maximum Gasteiger partial charge on any atom is 0.349 e. The second-order valence-electron chi connectivity index (χ2n) is 8.93. The average Bonchev–Trinajstić information content (AvgIpc) is 2.93. The number of nitrogens with one attached hydrogen (secondary N) is 3. The Morgan fingerprint density at radius 2 is 1.20 bits per heavy atom. The Bertz CT molecular complexity index is 1480. The fraction of sp³-hybridized carbons (Fsp3) is 0.172. The van der Waals surface area contributed by atoms with Crippen molar-refractivity contribution in [1.29, 1.82) is 0 Å². The lowest BCUT2D eigenvalue weighted by Gasteiger charge is -2.23. The number of rotatable bonds is 9. The fourth-order valence-electron chi connectivity index (χ4n) is 3.58. The fourth-order valence-corrected chi connectivity index (χ4v) is 3.58. The van der Waals surface area contributed by atoms with E-state index in [1.807, 2.05) is 5.43 Å². The molecule has 0 heterocycles. The number of carboxylic acids is 1. The lowest BCUT2D eigenvalue weighted by atomic mass is 10.1. The van der Waals surface area contributed by atoms with Gasteiger partial charge in [0, 0.05) is 18.2 Å². The van der Waals surface area contributed by atoms with Crippen LogP contribution in [-0.4, -0.2) is 52.9 Å². The summed E-state index contributed by atoms with van der Waals surface area (Å²) in [5, 5.41) is 12.4. The molecule has 0 aliphatic heterocycles. The monoisotopic (exact) mass is 561 g/mol. The van der Waals surface area contributed by atoms with Crippen LogP contribution >= 0.6 is 0 Å². The molecule has 0 saturated heterocycles. The van der Waals surface area contributed by atoms with Gasteiger partial charge in [0.2, 0.25) is 18.1 Å². The molecular formula is C29H27N3O9. The zero-order valence-electron chi connectivity index (χ0n) is 22.3. The number of aliphatic carboxylic acids is 1. The largest absolute Gasteiger partial charge is 0.478 e. The normalized spacial score (nSPS) is 11.8. The topological polar surface area (TPSA) is 177 Å². The molecule has 12 nitrogen and oxygen atoms in total. The van der Waals surface area contributed by atoms with E-state index in [4.69, 9.17) is 9.47 Å². The van der Waals surface area contributed by atoms with E-state index in [0.717, 1.165) is 0 Å². The van der Waals surface area contributed by atoms with Crippen molar-refractivity contribution in [1.82, 2.24) is 10.9 Å². The van der Waals surface area contributed by atoms with Gasteiger partial charge in [0.15, 0.2) is 0 Å². The number of anilines is 1. The molecule has 3 amide bonds. The van der Waals surface area contributed by atoms with E-state index >= 15 is 0 Å². The molecule has 0 saturated carbocycles. The molecule has 0 spiro atoms. The van der Waals surface area contributed by atoms with Crippen LogP contribution in [0.3, 0.4) is 0 Å². The van der Waals surface area contributed by atoms with Crippen molar-refractivity contribution >= 4 is 41.3 Å². The summed E-state index contributed by atoms with van der Waals surface area (Å²) < 4.78 is 10.3. The van der Waals surface area contributed by atoms with Crippen LogP contribution in [0.15, 0.2) is 72.8 Å². The third-order valence-electron chi connectivity index (χ3n) is 5.52. The Labute approximate surface area is 234 Å². The second-order valence-corrected chi connectivity index (χ2v) is 8.93. The molecule has 0 aliphatic carbocycles. The van der Waals surface area contributed by atoms with Crippen LogP contribution in [0.1, 0.15) is 49.1 Å². The van der Waals surface area contributed by atoms with Crippen molar-refractivity contribution in [3.63, 3.8) is 0 Å². The maximum absolute atomic E-state index is 13.1. The number of carboxylic acid groups (broad SMARTS) is 1. The summed E-state index contributed by atoms with van der Waals surface area (Å²) in [6.07, 6.45) is -4.47. The van der Waals surface area contributed by atoms with Crippen LogP contribution in [0.5, 0.6) is 0 Å². The third kappa shape index (κ3) is 8.48. The van der Waals surface area contributed by atoms with Gasteiger partial charge in [-0.05, 0) is 62.4 Å². The van der Waals surface area contributed by atoms with E-state index in [-0.39, 0.29) is 22.6 Å². The van der Waals surface area contributed by atoms with E-state index < -0.39 is 41.9 Å². The molecule has 0 unspecified atom stereocenters. The molecule has 2 atom stereocenters. The number of ether oxygens (including phenoxy) is 2. The van der Waals surface area contributed by atoms with Gasteiger partial charge in [0.05, 0.1) is 11.1 Å². The zero-order valence-corrected chi connectivity index (χ0v) is 22.3. The summed E-state index contributed by atoms with van der Waals surface area (Å²) in [4.78, 5) is 74.6. The van der Waals surface area contributed by atoms with E-state index in [9.17, 15) is 33.9 Å². The molecule has 3 aromatic carbocycles. The van der Waals surface area contributed by atoms with Crippen LogP contribution in [0.2, 0.25) is 0 Å². The molecule has 12 heteroatoms. The summed E-state index contributed by atoms with van der Waals surface area (Å²) in [7, 11) is 0. The van der Waals surface area contributed by atoms with Crippen LogP contribution in [0.25, 0.3) is 0 Å². The minimum Gasteiger partial charge on any atom is -0.478 e. The number of hydrazine groups is 1. The molecule has 212 valence electrons. The Balaban J connectivity index is 1.82. The van der Waals surface area contributed by atoms with Crippen LogP contribution in [0, 0.1) is 13.8 Å². The predicted molar refractivity (Wildman–Crippen MR) is 145 cm³/mol. The van der Waals surface area contributed by atoms with Gasteiger partial charge >= 0.3 is 17.9 Å². The summed E-state index contributed by atoms with van der Waals surface area (Å²) in [5.41, 5.74) is 6.03. The highest BCUT2D eigenvalue weighted by Crippen LogP contribution is 2.15. The van der Waals surface area contributed by atoms with Gasteiger partial charge in [-0.25, -0.2) is 14.4 Å². The van der Waals surface area contributed by atoms with Crippen LogP contribution in [-0.2, 0) is 23.9 Å². The molecule has 0 aromatic heterocycles. The summed E-state index contributed by atoms with van der Waals surface area (Å²) in [6, 6.07) is 17.9. The van der Waals surface area contributed by atoms with Gasteiger partial charge in [0.1, 0.15) is 0 Å². The van der Waals surface area contributed by atoms with Crippen molar-refractivity contribution in [3.05, 3.63) is 101 Å². The van der Waals surface area contributed by atoms with Crippen molar-refractivity contribution in [2.45, 2.75) is 33.0 Å². The minimum absolute atomic E-state index is 0.0106. The summed E-state index contributed by atoms with van der Waals surface area (Å²) >= 11 is 0. The first kappa shape index (κ1) is 30.0. The van der Waals surface area contributed by atoms with Gasteiger partial charge in [-0.1, -0.05) is 35.4 Å². The first-order chi connectivity index (χ1) is 19.4. The Hall–Kier alpha value is -5.52. The number of carbonyl (C=O) groups excluding carboxylic acids is 5. The SMILES string of the molecule is CC(=O)Nc1ccc(C(=O)NNC(=O)[C@H](OC(=O)c2cccc(C)c2)[C@@H](OC(=O)c2cccc(C)c2)C(=O)O)cc1. The van der Waals surface area contributed by atoms with Gasteiger partial charge in [-0.15, -0.1) is 0 Å². The molecule has 3 rings (SSSR count). The number of amides is 3. The standard InChI is InChI=1S/C29H27N3O9/c1-16-6-4-8-20(14-16)28(38)40-23(24(27(36)37)41-29(39)21-9-5-7-17(2)15-21)26(35)32-31-25(34)19-10-12-22(13-11-19)30-18(3)33/h4-15,23-24H,1-3H3,(H,30,33)(H,31,34)(H,32,35)(H,36,37)/t23-,24-/m1/s1. The van der Waals surface area contributed by atoms with Crippen molar-refractivity contribution in [2.24, 2.45) is 0 Å². The molecule has 4 N–H and O–H groups in total. The highest BCUT2D eigenvalue weighted by molar-refractivity contribution is 5.99. The molecule has 0 bridgehead atoms. The molecular weight excluding hydrogens is 534 g/mol. The summed E-state index contributed by atoms with van der Waals surface area (Å²) in [5.74, 6) is -6.31. The lowest BCUT2D eigenvalue weighted by Crippen LogP contribution is -2.54. The van der Waals surface area contributed by atoms with Crippen LogP contribution < -0.4 is 16.2 Å². The van der Waals surface area contributed by atoms with Gasteiger partial charge in [0.25, 0.3) is 11.8 Å². The average molecular weight is 562 g/mol. The molecule has 3 aromatic rings. The van der Waals surface area contributed by atoms with Gasteiger partial charge < -0.3 is 19.9 Å². The molecule has 0 fully saturated rings. The van der Waals surface area contributed by atoms with Gasteiger partial charge in [-0.2, -0.15) is 0 Å². The number of hydrogen-bond donors (Lipinski definition) is 4. The number of esters is 2. The lowest BCUT2D eigenvalue weighted by molar-refractivity contribution is -0.159. The molecule has 0 aliphatic rings. The van der Waals surface area contributed by atoms with E-state index in [1.54, 1.807) is 38.1 Å². The van der Waals surface area contributed by atoms with Crippen LogP contribution in [0.4, 0.5) is 5.69 Å². The van der Waals surface area contributed by atoms with Gasteiger partial charge in [-0.3, -0.25) is 25.2 Å². The predicted octanol–water partition coefficient (Wildman–Crippen LogP) is 2.56. The smallest absolute Gasteiger partial charge is 0.349 e. The van der Waals surface area contributed by atoms with E-state index in [2.05, 4.69) is 10.7 Å². The minimum atomic E-state index is -2.27. The molecule has 0 radical (unpaired) electrons. The number of benzene rings is 3. The van der Waals surface area contributed by atoms with Crippen molar-refractivity contribution < 1.29 is 43.3 Å². The summed E-state index contributed by atoms with van der Waals surface area (Å²) in [6.45, 7) is 4.74. The number of carbonyl (C=O) groups is 6. The first-order valence-corrected chi connectivity index (χ1v) is 12.2. The molecule has 41 heavy (non-hydrogen) atoms.